The van der Waals surface area contributed by atoms with Crippen molar-refractivity contribution in [1.29, 1.82) is 0 Å². The highest BCUT2D eigenvalue weighted by Gasteiger charge is 2.11. The largest absolute Gasteiger partial charge is 0.497 e. The molecule has 0 atom stereocenters. The zero-order valence-electron chi connectivity index (χ0n) is 13.6. The standard InChI is InChI=1S/C17H20N2O5/c1-12-17(15(21)6-7-19(12)8-9-20)24-11-16(22)18-13-4-3-5-14(10-13)23-2/h3-7,10,20H,8-9,11H2,1-2H3,(H,18,22). The van der Waals surface area contributed by atoms with Gasteiger partial charge < -0.3 is 24.5 Å². The van der Waals surface area contributed by atoms with Gasteiger partial charge in [0.05, 0.1) is 19.4 Å². The lowest BCUT2D eigenvalue weighted by molar-refractivity contribution is -0.118. The van der Waals surface area contributed by atoms with Crippen molar-refractivity contribution in [2.24, 2.45) is 0 Å². The van der Waals surface area contributed by atoms with Crippen LogP contribution in [0.4, 0.5) is 5.69 Å². The summed E-state index contributed by atoms with van der Waals surface area (Å²) in [5.41, 5.74) is 0.826. The first-order valence-corrected chi connectivity index (χ1v) is 7.42. The number of methoxy groups -OCH3 is 1. The van der Waals surface area contributed by atoms with Crippen molar-refractivity contribution in [3.8, 4) is 11.5 Å². The average Bonchev–Trinajstić information content (AvgIpc) is 2.57. The predicted octanol–water partition coefficient (Wildman–Crippen LogP) is 1.18. The van der Waals surface area contributed by atoms with Crippen LogP contribution in [0, 0.1) is 6.92 Å². The maximum Gasteiger partial charge on any atom is 0.262 e. The SMILES string of the molecule is COc1cccc(NC(=O)COc2c(C)n(CCO)ccc2=O)c1. The van der Waals surface area contributed by atoms with Gasteiger partial charge in [-0.2, -0.15) is 0 Å². The summed E-state index contributed by atoms with van der Waals surface area (Å²) in [6.45, 7) is 1.70. The van der Waals surface area contributed by atoms with E-state index in [2.05, 4.69) is 5.32 Å². The first kappa shape index (κ1) is 17.6. The zero-order valence-corrected chi connectivity index (χ0v) is 13.6. The van der Waals surface area contributed by atoms with E-state index >= 15 is 0 Å². The van der Waals surface area contributed by atoms with Gasteiger partial charge >= 0.3 is 0 Å². The third kappa shape index (κ3) is 4.36. The molecule has 1 aromatic heterocycles. The molecule has 0 fully saturated rings. The number of anilines is 1. The van der Waals surface area contributed by atoms with Crippen molar-refractivity contribution in [2.75, 3.05) is 25.6 Å². The fraction of sp³-hybridized carbons (Fsp3) is 0.294. The van der Waals surface area contributed by atoms with Crippen LogP contribution in [-0.2, 0) is 11.3 Å². The number of aliphatic hydroxyl groups is 1. The quantitative estimate of drug-likeness (QED) is 0.794. The predicted molar refractivity (Wildman–Crippen MR) is 89.6 cm³/mol. The molecule has 24 heavy (non-hydrogen) atoms. The number of carbonyl (C=O) groups is 1. The fourth-order valence-corrected chi connectivity index (χ4v) is 2.22. The lowest BCUT2D eigenvalue weighted by Gasteiger charge is -2.14. The summed E-state index contributed by atoms with van der Waals surface area (Å²) < 4.78 is 12.2. The van der Waals surface area contributed by atoms with Crippen LogP contribution in [0.2, 0.25) is 0 Å². The van der Waals surface area contributed by atoms with Gasteiger partial charge in [0.1, 0.15) is 5.75 Å². The molecule has 1 amide bonds. The molecular formula is C17H20N2O5. The Morgan fingerprint density at radius 3 is 2.83 bits per heavy atom. The summed E-state index contributed by atoms with van der Waals surface area (Å²) in [4.78, 5) is 23.9. The summed E-state index contributed by atoms with van der Waals surface area (Å²) >= 11 is 0. The number of pyridine rings is 1. The van der Waals surface area contributed by atoms with Crippen molar-refractivity contribution in [3.63, 3.8) is 0 Å². The Labute approximate surface area is 139 Å². The lowest BCUT2D eigenvalue weighted by atomic mass is 10.3. The van der Waals surface area contributed by atoms with E-state index in [-0.39, 0.29) is 30.3 Å². The second kappa shape index (κ2) is 8.16. The van der Waals surface area contributed by atoms with Crippen molar-refractivity contribution < 1.29 is 19.4 Å². The summed E-state index contributed by atoms with van der Waals surface area (Å²) in [5, 5.41) is 11.7. The van der Waals surface area contributed by atoms with E-state index < -0.39 is 0 Å². The van der Waals surface area contributed by atoms with E-state index in [1.807, 2.05) is 0 Å². The van der Waals surface area contributed by atoms with Gasteiger partial charge in [-0.05, 0) is 19.1 Å². The van der Waals surface area contributed by atoms with Crippen LogP contribution in [0.15, 0.2) is 41.3 Å². The second-order valence-corrected chi connectivity index (χ2v) is 5.08. The average molecular weight is 332 g/mol. The number of hydrogen-bond donors (Lipinski definition) is 2. The van der Waals surface area contributed by atoms with Crippen molar-refractivity contribution in [2.45, 2.75) is 13.5 Å². The first-order chi connectivity index (χ1) is 11.5. The number of carbonyl (C=O) groups excluding carboxylic acids is 1. The van der Waals surface area contributed by atoms with Crippen LogP contribution in [0.3, 0.4) is 0 Å². The molecule has 0 spiro atoms. The van der Waals surface area contributed by atoms with E-state index in [0.29, 0.717) is 23.7 Å². The maximum atomic E-state index is 12.0. The van der Waals surface area contributed by atoms with Gasteiger partial charge in [0.2, 0.25) is 5.43 Å². The number of hydrogen-bond acceptors (Lipinski definition) is 5. The number of amides is 1. The molecule has 0 aliphatic heterocycles. The highest BCUT2D eigenvalue weighted by molar-refractivity contribution is 5.92. The Morgan fingerprint density at radius 2 is 2.12 bits per heavy atom. The Kier molecular flexibility index (Phi) is 5.97. The summed E-state index contributed by atoms with van der Waals surface area (Å²) in [7, 11) is 1.54. The highest BCUT2D eigenvalue weighted by Crippen LogP contribution is 2.17. The molecule has 7 heteroatoms. The molecule has 0 aliphatic rings. The molecule has 0 unspecified atom stereocenters. The van der Waals surface area contributed by atoms with Gasteiger partial charge in [-0.25, -0.2) is 0 Å². The van der Waals surface area contributed by atoms with Gasteiger partial charge in [-0.15, -0.1) is 0 Å². The van der Waals surface area contributed by atoms with Crippen molar-refractivity contribution in [1.82, 2.24) is 4.57 Å². The lowest BCUT2D eigenvalue weighted by Crippen LogP contribution is -2.24. The molecule has 0 bridgehead atoms. The molecule has 7 nitrogen and oxygen atoms in total. The number of ether oxygens (including phenoxy) is 2. The Hall–Kier alpha value is -2.80. The van der Waals surface area contributed by atoms with E-state index in [0.717, 1.165) is 0 Å². The molecule has 1 aromatic carbocycles. The normalized spacial score (nSPS) is 10.3. The number of nitrogens with one attached hydrogen (secondary N) is 1. The Balaban J connectivity index is 2.03. The molecule has 2 N–H and O–H groups in total. The van der Waals surface area contributed by atoms with Crippen molar-refractivity contribution >= 4 is 11.6 Å². The van der Waals surface area contributed by atoms with Crippen LogP contribution in [0.1, 0.15) is 5.69 Å². The number of rotatable bonds is 7. The van der Waals surface area contributed by atoms with Gasteiger partial charge in [-0.1, -0.05) is 6.07 Å². The van der Waals surface area contributed by atoms with E-state index in [1.54, 1.807) is 49.1 Å². The Morgan fingerprint density at radius 1 is 1.33 bits per heavy atom. The molecule has 1 heterocycles. The smallest absolute Gasteiger partial charge is 0.262 e. The molecule has 2 aromatic rings. The summed E-state index contributed by atoms with van der Waals surface area (Å²) in [6.07, 6.45) is 1.58. The third-order valence-corrected chi connectivity index (χ3v) is 3.43. The minimum absolute atomic E-state index is 0.0561. The van der Waals surface area contributed by atoms with Crippen LogP contribution < -0.4 is 20.2 Å². The third-order valence-electron chi connectivity index (χ3n) is 3.43. The first-order valence-electron chi connectivity index (χ1n) is 7.42. The van der Waals surface area contributed by atoms with E-state index in [1.165, 1.54) is 6.07 Å². The van der Waals surface area contributed by atoms with Crippen LogP contribution >= 0.6 is 0 Å². The zero-order chi connectivity index (χ0) is 17.5. The maximum absolute atomic E-state index is 12.0. The van der Waals surface area contributed by atoms with Crippen LogP contribution in [0.5, 0.6) is 11.5 Å². The van der Waals surface area contributed by atoms with Crippen molar-refractivity contribution in [3.05, 3.63) is 52.4 Å². The van der Waals surface area contributed by atoms with Gasteiger partial charge in [0.25, 0.3) is 5.91 Å². The minimum atomic E-state index is -0.389. The monoisotopic (exact) mass is 332 g/mol. The minimum Gasteiger partial charge on any atom is -0.497 e. The topological polar surface area (TPSA) is 89.8 Å². The molecule has 0 saturated carbocycles. The van der Waals surface area contributed by atoms with Crippen LogP contribution in [-0.4, -0.2) is 35.9 Å². The second-order valence-electron chi connectivity index (χ2n) is 5.08. The van der Waals surface area contributed by atoms with Gasteiger partial charge in [0, 0.05) is 30.6 Å². The molecule has 0 radical (unpaired) electrons. The molecule has 0 aliphatic carbocycles. The number of nitrogens with zero attached hydrogens (tertiary/aromatic N) is 1. The highest BCUT2D eigenvalue weighted by atomic mass is 16.5. The van der Waals surface area contributed by atoms with Gasteiger partial charge in [0.15, 0.2) is 12.4 Å². The number of benzene rings is 1. The molecule has 0 saturated heterocycles. The summed E-state index contributed by atoms with van der Waals surface area (Å²) in [5.74, 6) is 0.339. The van der Waals surface area contributed by atoms with Gasteiger partial charge in [-0.3, -0.25) is 9.59 Å². The fourth-order valence-electron chi connectivity index (χ4n) is 2.22. The molecular weight excluding hydrogens is 312 g/mol. The van der Waals surface area contributed by atoms with E-state index in [4.69, 9.17) is 14.6 Å². The number of aliphatic hydroxyl groups excluding tert-OH is 1. The number of aromatic nitrogens is 1. The molecule has 2 rings (SSSR count). The Bertz CT molecular complexity index is 770. The molecule has 128 valence electrons. The summed E-state index contributed by atoms with van der Waals surface area (Å²) in [6, 6.07) is 8.27. The van der Waals surface area contributed by atoms with E-state index in [9.17, 15) is 9.59 Å². The van der Waals surface area contributed by atoms with Crippen LogP contribution in [0.25, 0.3) is 0 Å².